The largest absolute Gasteiger partial charge is 0.393 e. The van der Waals surface area contributed by atoms with Gasteiger partial charge in [-0.25, -0.2) is 0 Å². The van der Waals surface area contributed by atoms with Crippen LogP contribution in [0.1, 0.15) is 233 Å². The number of hydrogen-bond acceptors (Lipinski definition) is 20. The number of Topliss-reactive ketones (excluding diaryl/α,β-unsaturated/α-hetero) is 2. The van der Waals surface area contributed by atoms with Crippen molar-refractivity contribution in [3.8, 4) is 0 Å². The second-order valence-electron chi connectivity index (χ2n) is 19.9. The van der Waals surface area contributed by atoms with Crippen molar-refractivity contribution in [2.24, 2.45) is 0 Å². The van der Waals surface area contributed by atoms with E-state index in [4.69, 9.17) is 74.0 Å². The minimum atomic E-state index is -0.366. The Morgan fingerprint density at radius 3 is 0.741 bits per heavy atom. The highest BCUT2D eigenvalue weighted by Crippen LogP contribution is 1.97. The fraction of sp³-hybridized carbons (Fsp3) is 0.969. The quantitative estimate of drug-likeness (QED) is 0.0256. The monoisotopic (exact) mass is 1250 g/mol. The summed E-state index contributed by atoms with van der Waals surface area (Å²) >= 11 is 0. The average molecular weight is 1250 g/mol. The van der Waals surface area contributed by atoms with Crippen LogP contribution in [0.3, 0.4) is 0 Å². The van der Waals surface area contributed by atoms with Gasteiger partial charge in [-0.1, -0.05) is 141 Å². The fourth-order valence-corrected chi connectivity index (χ4v) is 5.25. The highest BCUT2D eigenvalue weighted by molar-refractivity contribution is 5.79. The molecule has 0 fully saturated rings. The molecule has 0 aromatic rings. The van der Waals surface area contributed by atoms with Crippen LogP contribution in [-0.4, -0.2) is 237 Å². The third-order valence-corrected chi connectivity index (χ3v) is 9.89. The number of aliphatic hydroxyl groups is 8. The topological polar surface area (TPSA) is 294 Å². The van der Waals surface area contributed by atoms with Crippen LogP contribution < -0.4 is 10.6 Å². The van der Waals surface area contributed by atoms with Crippen LogP contribution in [0, 0.1) is 0 Å². The zero-order valence-electron chi connectivity index (χ0n) is 60.2. The summed E-state index contributed by atoms with van der Waals surface area (Å²) in [6.07, 6.45) is 17.3. The Balaban J connectivity index is -0.0000000686. The lowest BCUT2D eigenvalue weighted by atomic mass is 10.2. The third kappa shape index (κ3) is 187. The normalized spacial score (nSPS) is 12.5. The predicted octanol–water partition coefficient (Wildman–Crippen LogP) is 9.94. The van der Waals surface area contributed by atoms with Crippen LogP contribution in [-0.2, 0) is 47.5 Å². The standard InChI is InChI=1S/2C6H15NO2.3C6H14O2.C6H14O.C5H10O2.4C5H12O.C4H8O/c2*1-3-7-4-6(8)5-9-2;3*1-3-4-6(7)5-8-2;1-3-4-5-6-7-2;1-3-5(6)4-7-2;1-3-4-5-6-2;3*1-3-4-5(2)6;1-3-4(2)5/h2*6-8H,3-5H2,1-2H3;3*6-7H,3-5H2,1-2H3;3-6H2,1-2H3;3-4H2,1-2H3;3-5H2,1-2H3;3*5-6H,3-4H2,1-2H3;3H2,1-2H3/t6-;;2*6-;;;;;2*5-;;/m1.10....10../s1. The number of likely N-dealkylation sites (N-methyl/N-ethyl adjacent to an activating group) is 2. The van der Waals surface area contributed by atoms with E-state index in [1.807, 2.05) is 69.2 Å². The van der Waals surface area contributed by atoms with Gasteiger partial charge in [0.15, 0.2) is 5.78 Å². The number of ketones is 2. The molecule has 0 radical (unpaired) electrons. The molecule has 8 atom stereocenters. The summed E-state index contributed by atoms with van der Waals surface area (Å²) in [6.45, 7) is 38.7. The highest BCUT2D eigenvalue weighted by Gasteiger charge is 2.02. The Hall–Kier alpha value is -1.38. The van der Waals surface area contributed by atoms with Gasteiger partial charge in [0.1, 0.15) is 12.4 Å². The van der Waals surface area contributed by atoms with Gasteiger partial charge < -0.3 is 94.2 Å². The average Bonchev–Trinajstić information content (AvgIpc) is 3.44. The van der Waals surface area contributed by atoms with Crippen molar-refractivity contribution in [3.63, 3.8) is 0 Å². The van der Waals surface area contributed by atoms with Gasteiger partial charge in [0, 0.05) is 96.0 Å². The van der Waals surface area contributed by atoms with Crippen molar-refractivity contribution in [1.82, 2.24) is 10.6 Å². The summed E-state index contributed by atoms with van der Waals surface area (Å²) in [4.78, 5) is 20.1. The molecule has 530 valence electrons. The molecule has 0 bridgehead atoms. The maximum Gasteiger partial charge on any atom is 0.158 e. The van der Waals surface area contributed by atoms with Gasteiger partial charge in [-0.15, -0.1) is 0 Å². The van der Waals surface area contributed by atoms with E-state index in [1.165, 1.54) is 39.2 Å². The summed E-state index contributed by atoms with van der Waals surface area (Å²) in [5.41, 5.74) is 0. The minimum absolute atomic E-state index is 0.102. The Kier molecular flexibility index (Phi) is 149. The molecular weight excluding hydrogens is 1100 g/mol. The summed E-state index contributed by atoms with van der Waals surface area (Å²) < 4.78 is 37.7. The molecule has 0 aromatic heterocycles. The first kappa shape index (κ1) is 111. The number of aliphatic hydroxyl groups excluding tert-OH is 8. The summed E-state index contributed by atoms with van der Waals surface area (Å²) in [5, 5.41) is 76.4. The van der Waals surface area contributed by atoms with Gasteiger partial charge in [0.25, 0.3) is 0 Å². The number of carbonyl (C=O) groups is 2. The number of rotatable bonds is 39. The molecule has 0 amide bonds. The molecule has 0 aromatic carbocycles. The second-order valence-corrected chi connectivity index (χ2v) is 19.9. The number of nitrogens with one attached hydrogen (secondary N) is 2. The van der Waals surface area contributed by atoms with E-state index < -0.39 is 0 Å². The van der Waals surface area contributed by atoms with Crippen molar-refractivity contribution in [3.05, 3.63) is 0 Å². The molecule has 0 aliphatic rings. The van der Waals surface area contributed by atoms with Gasteiger partial charge in [-0.2, -0.15) is 0 Å². The van der Waals surface area contributed by atoms with E-state index in [2.05, 4.69) is 50.0 Å². The summed E-state index contributed by atoms with van der Waals surface area (Å²) in [5.74, 6) is 0.410. The van der Waals surface area contributed by atoms with E-state index in [9.17, 15) is 9.59 Å². The SMILES string of the molecule is CCC(=O)COC.CCC(C)=O.CCCC(C)O.CCCC(O)COC.CCCCCOC.CCCCOC.CCC[C@@H](C)O.CCC[C@@H](O)COC.CCC[C@H](C)O.CCC[C@H](O)COC.CCNCC(O)COC.CCNC[C@@H](O)COC. The van der Waals surface area contributed by atoms with Crippen molar-refractivity contribution in [1.29, 1.82) is 0 Å². The molecule has 0 rings (SSSR count). The van der Waals surface area contributed by atoms with Gasteiger partial charge in [-0.05, 0) is 92.2 Å². The lowest BCUT2D eigenvalue weighted by Gasteiger charge is -2.08. The van der Waals surface area contributed by atoms with Gasteiger partial charge >= 0.3 is 0 Å². The number of hydrogen-bond donors (Lipinski definition) is 10. The minimum Gasteiger partial charge on any atom is -0.393 e. The zero-order valence-corrected chi connectivity index (χ0v) is 60.2. The third-order valence-electron chi connectivity index (χ3n) is 9.89. The Morgan fingerprint density at radius 1 is 0.341 bits per heavy atom. The highest BCUT2D eigenvalue weighted by atomic mass is 16.5. The first-order valence-corrected chi connectivity index (χ1v) is 32.0. The van der Waals surface area contributed by atoms with Crippen LogP contribution >= 0.6 is 0 Å². The molecule has 20 heteroatoms. The van der Waals surface area contributed by atoms with E-state index >= 15 is 0 Å². The van der Waals surface area contributed by atoms with Crippen LogP contribution in [0.25, 0.3) is 0 Å². The lowest BCUT2D eigenvalue weighted by Crippen LogP contribution is -2.29. The molecule has 0 aliphatic heterocycles. The molecule has 0 saturated carbocycles. The number of methoxy groups -OCH3 is 8. The van der Waals surface area contributed by atoms with Crippen molar-refractivity contribution >= 4 is 11.6 Å². The molecule has 0 heterocycles. The van der Waals surface area contributed by atoms with E-state index in [0.29, 0.717) is 59.0 Å². The van der Waals surface area contributed by atoms with E-state index in [0.717, 1.165) is 103 Å². The molecule has 0 saturated heterocycles. The zero-order chi connectivity index (χ0) is 68.8. The van der Waals surface area contributed by atoms with Crippen molar-refractivity contribution < 1.29 is 88.3 Å². The molecule has 10 N–H and O–H groups in total. The molecule has 0 spiro atoms. The van der Waals surface area contributed by atoms with Crippen LogP contribution in [0.5, 0.6) is 0 Å². The predicted molar refractivity (Wildman–Crippen MR) is 357 cm³/mol. The van der Waals surface area contributed by atoms with Crippen molar-refractivity contribution in [2.75, 3.05) is 136 Å². The molecule has 85 heavy (non-hydrogen) atoms. The second kappa shape index (κ2) is 114. The Morgan fingerprint density at radius 2 is 0.600 bits per heavy atom. The first-order chi connectivity index (χ1) is 40.3. The van der Waals surface area contributed by atoms with Crippen LogP contribution in [0.15, 0.2) is 0 Å². The Labute approximate surface area is 526 Å². The summed E-state index contributed by atoms with van der Waals surface area (Å²) in [7, 11) is 12.9. The maximum atomic E-state index is 10.3. The van der Waals surface area contributed by atoms with Crippen LogP contribution in [0.4, 0.5) is 0 Å². The van der Waals surface area contributed by atoms with Gasteiger partial charge in [-0.3, -0.25) is 4.79 Å². The molecule has 3 unspecified atom stereocenters. The maximum absolute atomic E-state index is 10.3. The van der Waals surface area contributed by atoms with Crippen molar-refractivity contribution in [2.45, 2.75) is 282 Å². The number of unbranched alkanes of at least 4 members (excludes halogenated alkanes) is 3. The van der Waals surface area contributed by atoms with Gasteiger partial charge in [0.05, 0.1) is 81.9 Å². The molecular formula is C65H152N2O18. The van der Waals surface area contributed by atoms with E-state index in [-0.39, 0.29) is 67.0 Å². The summed E-state index contributed by atoms with van der Waals surface area (Å²) in [6, 6.07) is 0. The number of carbonyl (C=O) groups excluding carboxylic acids is 2. The smallest absolute Gasteiger partial charge is 0.158 e. The molecule has 0 aliphatic carbocycles. The fourth-order valence-electron chi connectivity index (χ4n) is 5.25. The number of ether oxygens (including phenoxy) is 8. The Bertz CT molecular complexity index is 928. The van der Waals surface area contributed by atoms with E-state index in [1.54, 1.807) is 56.7 Å². The first-order valence-electron chi connectivity index (χ1n) is 32.0. The van der Waals surface area contributed by atoms with Crippen LogP contribution in [0.2, 0.25) is 0 Å². The molecule has 20 nitrogen and oxygen atoms in total. The lowest BCUT2D eigenvalue weighted by molar-refractivity contribution is -0.122. The van der Waals surface area contributed by atoms with Gasteiger partial charge in [0.2, 0.25) is 0 Å².